The SMILES string of the molecule is CCCCCC(O)C=C[C@H]1[C@H](C(C)=CCCCCC(=O)O)[C@@H]2O[C@H]1C[C@H]2O. The smallest absolute Gasteiger partial charge is 0.303 e. The van der Waals surface area contributed by atoms with Gasteiger partial charge < -0.3 is 20.1 Å². The molecule has 2 rings (SSSR count). The summed E-state index contributed by atoms with van der Waals surface area (Å²) in [6, 6.07) is 0. The van der Waals surface area contributed by atoms with Crippen molar-refractivity contribution in [1.29, 1.82) is 0 Å². The highest BCUT2D eigenvalue weighted by Gasteiger charge is 2.53. The average molecular weight is 381 g/mol. The molecule has 0 aromatic carbocycles. The maximum atomic E-state index is 10.6. The molecule has 5 nitrogen and oxygen atoms in total. The topological polar surface area (TPSA) is 87.0 Å². The van der Waals surface area contributed by atoms with Crippen molar-refractivity contribution in [3.05, 3.63) is 23.8 Å². The van der Waals surface area contributed by atoms with Gasteiger partial charge in [-0.1, -0.05) is 50.0 Å². The van der Waals surface area contributed by atoms with Gasteiger partial charge in [0.25, 0.3) is 0 Å². The minimum Gasteiger partial charge on any atom is -0.481 e. The summed E-state index contributed by atoms with van der Waals surface area (Å²) >= 11 is 0. The van der Waals surface area contributed by atoms with E-state index < -0.39 is 18.2 Å². The Hall–Kier alpha value is -1.17. The maximum Gasteiger partial charge on any atom is 0.303 e. The summed E-state index contributed by atoms with van der Waals surface area (Å²) in [5, 5.41) is 29.2. The molecule has 27 heavy (non-hydrogen) atoms. The van der Waals surface area contributed by atoms with Crippen molar-refractivity contribution in [3.63, 3.8) is 0 Å². The van der Waals surface area contributed by atoms with E-state index >= 15 is 0 Å². The van der Waals surface area contributed by atoms with Gasteiger partial charge >= 0.3 is 5.97 Å². The van der Waals surface area contributed by atoms with Crippen LogP contribution in [-0.4, -0.2) is 45.7 Å². The number of hydrogen-bond acceptors (Lipinski definition) is 4. The molecule has 0 saturated carbocycles. The van der Waals surface area contributed by atoms with Gasteiger partial charge in [-0.25, -0.2) is 0 Å². The molecule has 154 valence electrons. The molecule has 2 aliphatic rings. The number of aliphatic hydroxyl groups excluding tert-OH is 2. The number of fused-ring (bicyclic) bond motifs is 2. The lowest BCUT2D eigenvalue weighted by molar-refractivity contribution is -0.137. The first-order valence-corrected chi connectivity index (χ1v) is 10.5. The number of allylic oxidation sites excluding steroid dienone is 1. The fraction of sp³-hybridized carbons (Fsp3) is 0.773. The zero-order valence-corrected chi connectivity index (χ0v) is 16.7. The van der Waals surface area contributed by atoms with Gasteiger partial charge in [-0.15, -0.1) is 0 Å². The number of carbonyl (C=O) groups is 1. The van der Waals surface area contributed by atoms with Crippen molar-refractivity contribution in [2.75, 3.05) is 0 Å². The highest BCUT2D eigenvalue weighted by atomic mass is 16.5. The molecule has 3 N–H and O–H groups in total. The molecule has 5 heteroatoms. The molecule has 0 radical (unpaired) electrons. The summed E-state index contributed by atoms with van der Waals surface area (Å²) in [4.78, 5) is 10.6. The lowest BCUT2D eigenvalue weighted by Crippen LogP contribution is -2.36. The van der Waals surface area contributed by atoms with E-state index in [1.807, 2.05) is 6.08 Å². The van der Waals surface area contributed by atoms with Crippen LogP contribution in [0.25, 0.3) is 0 Å². The van der Waals surface area contributed by atoms with Crippen LogP contribution < -0.4 is 0 Å². The first-order chi connectivity index (χ1) is 12.9. The van der Waals surface area contributed by atoms with Crippen molar-refractivity contribution < 1.29 is 24.9 Å². The van der Waals surface area contributed by atoms with E-state index in [4.69, 9.17) is 9.84 Å². The summed E-state index contributed by atoms with van der Waals surface area (Å²) in [5.74, 6) is -0.421. The van der Waals surface area contributed by atoms with E-state index in [1.54, 1.807) is 0 Å². The van der Waals surface area contributed by atoms with Gasteiger partial charge in [0.15, 0.2) is 0 Å². The Kier molecular flexibility index (Phi) is 9.00. The van der Waals surface area contributed by atoms with Crippen LogP contribution in [0.15, 0.2) is 23.8 Å². The zero-order chi connectivity index (χ0) is 19.8. The molecule has 2 fully saturated rings. The van der Waals surface area contributed by atoms with Gasteiger partial charge in [-0.05, 0) is 32.6 Å². The zero-order valence-electron chi connectivity index (χ0n) is 16.7. The Morgan fingerprint density at radius 1 is 1.26 bits per heavy atom. The van der Waals surface area contributed by atoms with Gasteiger partial charge in [-0.2, -0.15) is 0 Å². The molecule has 0 spiro atoms. The minimum absolute atomic E-state index is 0.0180. The van der Waals surface area contributed by atoms with Crippen LogP contribution in [0.5, 0.6) is 0 Å². The van der Waals surface area contributed by atoms with Crippen LogP contribution in [-0.2, 0) is 9.53 Å². The summed E-state index contributed by atoms with van der Waals surface area (Å²) in [6.45, 7) is 4.23. The second-order valence-electron chi connectivity index (χ2n) is 8.08. The number of carboxylic acid groups (broad SMARTS) is 1. The quantitative estimate of drug-likeness (QED) is 0.354. The van der Waals surface area contributed by atoms with Crippen molar-refractivity contribution >= 4 is 5.97 Å². The maximum absolute atomic E-state index is 10.6. The Bertz CT molecular complexity index is 527. The van der Waals surface area contributed by atoms with E-state index in [0.29, 0.717) is 12.8 Å². The van der Waals surface area contributed by atoms with E-state index in [2.05, 4.69) is 26.0 Å². The van der Waals surface area contributed by atoms with Gasteiger partial charge in [0.05, 0.1) is 24.4 Å². The first kappa shape index (κ1) is 22.1. The standard InChI is InChI=1S/C22H36O5/c1-3-4-6-10-16(23)12-13-17-19-14-18(24)22(27-19)21(17)15(2)9-7-5-8-11-20(25)26/h9,12-13,16-19,21-24H,3-8,10-11,14H2,1-2H3,(H,25,26)/t16?,17-,18-,19+,21+,22-/m1/s1. The van der Waals surface area contributed by atoms with E-state index in [1.165, 1.54) is 5.57 Å². The van der Waals surface area contributed by atoms with Crippen LogP contribution in [0, 0.1) is 11.8 Å². The fourth-order valence-electron chi connectivity index (χ4n) is 4.39. The normalized spacial score (nSPS) is 31.7. The summed E-state index contributed by atoms with van der Waals surface area (Å²) in [6.07, 6.45) is 12.5. The predicted octanol–water partition coefficient (Wildman–Crippen LogP) is 3.84. The molecular weight excluding hydrogens is 344 g/mol. The van der Waals surface area contributed by atoms with E-state index in [0.717, 1.165) is 38.5 Å². The molecule has 2 bridgehead atoms. The molecule has 0 amide bonds. The number of hydrogen-bond donors (Lipinski definition) is 3. The Morgan fingerprint density at radius 2 is 2.04 bits per heavy atom. The van der Waals surface area contributed by atoms with Crippen molar-refractivity contribution in [1.82, 2.24) is 0 Å². The van der Waals surface area contributed by atoms with Crippen LogP contribution in [0.3, 0.4) is 0 Å². The van der Waals surface area contributed by atoms with Crippen LogP contribution in [0.4, 0.5) is 0 Å². The monoisotopic (exact) mass is 380 g/mol. The third-order valence-corrected chi connectivity index (χ3v) is 5.88. The fourth-order valence-corrected chi connectivity index (χ4v) is 4.39. The molecule has 0 aliphatic carbocycles. The predicted molar refractivity (Wildman–Crippen MR) is 105 cm³/mol. The second-order valence-corrected chi connectivity index (χ2v) is 8.08. The Balaban J connectivity index is 1.93. The highest BCUT2D eigenvalue weighted by molar-refractivity contribution is 5.66. The average Bonchev–Trinajstić information content (AvgIpc) is 3.16. The summed E-state index contributed by atoms with van der Waals surface area (Å²) in [7, 11) is 0. The number of carboxylic acids is 1. The molecule has 0 aromatic heterocycles. The van der Waals surface area contributed by atoms with Crippen LogP contribution >= 0.6 is 0 Å². The summed E-state index contributed by atoms with van der Waals surface area (Å²) < 4.78 is 6.02. The van der Waals surface area contributed by atoms with Gasteiger partial charge in [0, 0.05) is 24.7 Å². The lowest BCUT2D eigenvalue weighted by atomic mass is 9.74. The number of unbranched alkanes of at least 4 members (excludes halogenated alkanes) is 4. The molecule has 0 aromatic rings. The Morgan fingerprint density at radius 3 is 2.74 bits per heavy atom. The highest BCUT2D eigenvalue weighted by Crippen LogP contribution is 2.47. The third kappa shape index (κ3) is 6.44. The van der Waals surface area contributed by atoms with Crippen molar-refractivity contribution in [3.8, 4) is 0 Å². The second kappa shape index (κ2) is 11.0. The number of aliphatic carboxylic acids is 1. The number of rotatable bonds is 12. The third-order valence-electron chi connectivity index (χ3n) is 5.88. The van der Waals surface area contributed by atoms with Gasteiger partial charge in [0.1, 0.15) is 0 Å². The van der Waals surface area contributed by atoms with Gasteiger partial charge in [-0.3, -0.25) is 4.79 Å². The number of aliphatic hydroxyl groups is 2. The van der Waals surface area contributed by atoms with Crippen molar-refractivity contribution in [2.45, 2.75) is 96.1 Å². The van der Waals surface area contributed by atoms with E-state index in [-0.39, 0.29) is 30.5 Å². The number of ether oxygens (including phenoxy) is 1. The minimum atomic E-state index is -0.747. The van der Waals surface area contributed by atoms with Crippen molar-refractivity contribution in [2.24, 2.45) is 11.8 Å². The molecule has 1 unspecified atom stereocenters. The van der Waals surface area contributed by atoms with Gasteiger partial charge in [0.2, 0.25) is 0 Å². The summed E-state index contributed by atoms with van der Waals surface area (Å²) in [5.41, 5.74) is 1.20. The molecule has 2 aliphatic heterocycles. The van der Waals surface area contributed by atoms with E-state index in [9.17, 15) is 15.0 Å². The largest absolute Gasteiger partial charge is 0.481 e. The van der Waals surface area contributed by atoms with Crippen LogP contribution in [0.1, 0.15) is 71.6 Å². The first-order valence-electron chi connectivity index (χ1n) is 10.5. The molecule has 2 heterocycles. The van der Waals surface area contributed by atoms with Crippen LogP contribution in [0.2, 0.25) is 0 Å². The molecule has 6 atom stereocenters. The molecule has 2 saturated heterocycles. The Labute approximate surface area is 163 Å². The lowest BCUT2D eigenvalue weighted by Gasteiger charge is -2.30. The molecular formula is C22H36O5.